The number of benzene rings is 2. The van der Waals surface area contributed by atoms with Crippen LogP contribution in [-0.4, -0.2) is 15.6 Å². The molecular weight excluding hydrogens is 381 g/mol. The van der Waals surface area contributed by atoms with Gasteiger partial charge in [0, 0.05) is 16.9 Å². The fourth-order valence-corrected chi connectivity index (χ4v) is 4.11. The van der Waals surface area contributed by atoms with Crippen LogP contribution in [0.2, 0.25) is 10.0 Å². The quantitative estimate of drug-likeness (QED) is 0.563. The summed E-state index contributed by atoms with van der Waals surface area (Å²) < 4.78 is 2.18. The first-order valence-corrected chi connectivity index (χ1v) is 9.72. The number of carboxylic acid groups (broad SMARTS) is 1. The van der Waals surface area contributed by atoms with Crippen LogP contribution in [-0.2, 0) is 12.8 Å². The number of aryl methyl sites for hydroxylation is 1. The molecule has 1 aliphatic carbocycles. The van der Waals surface area contributed by atoms with E-state index in [0.29, 0.717) is 16.0 Å². The number of aromatic carboxylic acids is 1. The molecule has 2 aromatic carbocycles. The molecule has 0 spiro atoms. The Hall–Kier alpha value is -2.23. The zero-order valence-electron chi connectivity index (χ0n) is 14.9. The predicted molar refractivity (Wildman–Crippen MR) is 109 cm³/mol. The Morgan fingerprint density at radius 1 is 1.11 bits per heavy atom. The molecule has 0 aliphatic heterocycles. The third-order valence-electron chi connectivity index (χ3n) is 5.21. The molecule has 4 rings (SSSR count). The van der Waals surface area contributed by atoms with E-state index in [0.717, 1.165) is 36.2 Å². The fourth-order valence-electron chi connectivity index (χ4n) is 3.82. The van der Waals surface area contributed by atoms with E-state index in [2.05, 4.69) is 17.6 Å². The topological polar surface area (TPSA) is 42.2 Å². The van der Waals surface area contributed by atoms with Gasteiger partial charge in [-0.15, -0.1) is 0 Å². The van der Waals surface area contributed by atoms with Gasteiger partial charge in [-0.25, -0.2) is 4.79 Å². The predicted octanol–water partition coefficient (Wildman–Crippen LogP) is 6.27. The van der Waals surface area contributed by atoms with Crippen LogP contribution < -0.4 is 0 Å². The summed E-state index contributed by atoms with van der Waals surface area (Å²) >= 11 is 12.4. The molecule has 0 fully saturated rings. The van der Waals surface area contributed by atoms with Crippen LogP contribution in [0, 0.1) is 5.92 Å². The lowest BCUT2D eigenvalue weighted by Crippen LogP contribution is -2.14. The molecule has 0 saturated carbocycles. The number of rotatable bonds is 3. The van der Waals surface area contributed by atoms with Crippen molar-refractivity contribution in [2.24, 2.45) is 5.92 Å². The maximum atomic E-state index is 11.5. The molecule has 0 amide bonds. The maximum absolute atomic E-state index is 11.5. The first-order chi connectivity index (χ1) is 12.9. The summed E-state index contributed by atoms with van der Waals surface area (Å²) in [5.74, 6) is -0.335. The summed E-state index contributed by atoms with van der Waals surface area (Å²) in [6.45, 7) is 2.26. The van der Waals surface area contributed by atoms with Crippen molar-refractivity contribution in [3.8, 4) is 16.9 Å². The van der Waals surface area contributed by atoms with Crippen molar-refractivity contribution in [1.29, 1.82) is 0 Å². The van der Waals surface area contributed by atoms with E-state index in [9.17, 15) is 9.90 Å². The Kier molecular flexibility index (Phi) is 4.75. The second kappa shape index (κ2) is 7.06. The molecule has 138 valence electrons. The fraction of sp³-hybridized carbons (Fsp3) is 0.227. The zero-order valence-corrected chi connectivity index (χ0v) is 16.4. The molecule has 1 atom stereocenters. The van der Waals surface area contributed by atoms with Crippen molar-refractivity contribution in [3.63, 3.8) is 0 Å². The summed E-state index contributed by atoms with van der Waals surface area (Å²) in [7, 11) is 0. The van der Waals surface area contributed by atoms with Crippen molar-refractivity contribution in [2.75, 3.05) is 0 Å². The van der Waals surface area contributed by atoms with Crippen molar-refractivity contribution >= 4 is 29.2 Å². The molecule has 5 heteroatoms. The van der Waals surface area contributed by atoms with Crippen LogP contribution in [0.5, 0.6) is 0 Å². The van der Waals surface area contributed by atoms with Crippen molar-refractivity contribution in [2.45, 2.75) is 26.2 Å². The molecule has 27 heavy (non-hydrogen) atoms. The SMILES string of the molecule is CC1CCc2cc(-c3ccc(Cl)c(Cl)c3)n(-c3cccc(C(=O)O)c3)c2C1. The standard InChI is InChI=1S/C22H19Cl2NO2/c1-13-5-6-15-12-21(14-7-8-18(23)19(24)11-14)25(20(15)9-13)17-4-2-3-16(10-17)22(26)27/h2-4,7-8,10-13H,5-6,9H2,1H3,(H,26,27). The van der Waals surface area contributed by atoms with Crippen LogP contribution >= 0.6 is 23.2 Å². The minimum absolute atomic E-state index is 0.277. The third-order valence-corrected chi connectivity index (χ3v) is 5.95. The van der Waals surface area contributed by atoms with E-state index in [1.54, 1.807) is 24.3 Å². The Morgan fingerprint density at radius 2 is 1.93 bits per heavy atom. The van der Waals surface area contributed by atoms with E-state index in [1.165, 1.54) is 11.3 Å². The molecule has 0 bridgehead atoms. The number of aromatic nitrogens is 1. The highest BCUT2D eigenvalue weighted by Gasteiger charge is 2.24. The normalized spacial score (nSPS) is 16.2. The Bertz CT molecular complexity index is 1040. The van der Waals surface area contributed by atoms with Crippen LogP contribution in [0.3, 0.4) is 0 Å². The number of fused-ring (bicyclic) bond motifs is 1. The molecule has 1 aromatic heterocycles. The van der Waals surface area contributed by atoms with Gasteiger partial charge in [0.2, 0.25) is 0 Å². The average Bonchev–Trinajstić information content (AvgIpc) is 3.02. The Balaban J connectivity index is 1.95. The van der Waals surface area contributed by atoms with Crippen LogP contribution in [0.4, 0.5) is 0 Å². The van der Waals surface area contributed by atoms with Crippen LogP contribution in [0.25, 0.3) is 16.9 Å². The molecule has 1 N–H and O–H groups in total. The third kappa shape index (κ3) is 3.38. The molecule has 1 aliphatic rings. The summed E-state index contributed by atoms with van der Waals surface area (Å²) in [6.07, 6.45) is 3.15. The summed E-state index contributed by atoms with van der Waals surface area (Å²) in [6, 6.07) is 14.9. The van der Waals surface area contributed by atoms with Gasteiger partial charge in [0.25, 0.3) is 0 Å². The van der Waals surface area contributed by atoms with E-state index in [1.807, 2.05) is 18.2 Å². The van der Waals surface area contributed by atoms with Crippen LogP contribution in [0.15, 0.2) is 48.5 Å². The summed E-state index contributed by atoms with van der Waals surface area (Å²) in [4.78, 5) is 11.5. The van der Waals surface area contributed by atoms with E-state index in [-0.39, 0.29) is 5.56 Å². The lowest BCUT2D eigenvalue weighted by atomic mass is 9.89. The smallest absolute Gasteiger partial charge is 0.335 e. The molecule has 1 unspecified atom stereocenters. The van der Waals surface area contributed by atoms with E-state index >= 15 is 0 Å². The monoisotopic (exact) mass is 399 g/mol. The van der Waals surface area contributed by atoms with Gasteiger partial charge in [-0.1, -0.05) is 42.3 Å². The first-order valence-electron chi connectivity index (χ1n) is 8.96. The van der Waals surface area contributed by atoms with E-state index in [4.69, 9.17) is 23.2 Å². The van der Waals surface area contributed by atoms with Gasteiger partial charge in [0.05, 0.1) is 21.3 Å². The van der Waals surface area contributed by atoms with E-state index < -0.39 is 5.97 Å². The van der Waals surface area contributed by atoms with Crippen molar-refractivity contribution in [3.05, 3.63) is 75.4 Å². The number of nitrogens with zero attached hydrogens (tertiary/aromatic N) is 1. The van der Waals surface area contributed by atoms with Gasteiger partial charge in [0.1, 0.15) is 0 Å². The largest absolute Gasteiger partial charge is 0.478 e. The Morgan fingerprint density at radius 3 is 2.67 bits per heavy atom. The van der Waals surface area contributed by atoms with Gasteiger partial charge in [-0.05, 0) is 67.1 Å². The highest BCUT2D eigenvalue weighted by atomic mass is 35.5. The summed E-state index contributed by atoms with van der Waals surface area (Å²) in [5.41, 5.74) is 5.67. The highest BCUT2D eigenvalue weighted by molar-refractivity contribution is 6.42. The first kappa shape index (κ1) is 18.1. The number of carbonyl (C=O) groups is 1. The number of hydrogen-bond donors (Lipinski definition) is 1. The molecule has 3 nitrogen and oxygen atoms in total. The zero-order chi connectivity index (χ0) is 19.1. The average molecular weight is 400 g/mol. The number of hydrogen-bond acceptors (Lipinski definition) is 1. The molecule has 0 radical (unpaired) electrons. The lowest BCUT2D eigenvalue weighted by molar-refractivity contribution is 0.0697. The Labute approximate surface area is 168 Å². The second-order valence-corrected chi connectivity index (χ2v) is 7.98. The van der Waals surface area contributed by atoms with Crippen molar-refractivity contribution < 1.29 is 9.90 Å². The van der Waals surface area contributed by atoms with Gasteiger partial charge in [0.15, 0.2) is 0 Å². The van der Waals surface area contributed by atoms with Gasteiger partial charge in [-0.2, -0.15) is 0 Å². The molecule has 1 heterocycles. The second-order valence-electron chi connectivity index (χ2n) is 7.17. The highest BCUT2D eigenvalue weighted by Crippen LogP contribution is 2.37. The maximum Gasteiger partial charge on any atom is 0.335 e. The molecule has 0 saturated heterocycles. The van der Waals surface area contributed by atoms with Gasteiger partial charge in [-0.3, -0.25) is 0 Å². The molecular formula is C22H19Cl2NO2. The van der Waals surface area contributed by atoms with Gasteiger partial charge >= 0.3 is 5.97 Å². The lowest BCUT2D eigenvalue weighted by Gasteiger charge is -2.22. The van der Waals surface area contributed by atoms with Crippen LogP contribution in [0.1, 0.15) is 35.0 Å². The molecule has 3 aromatic rings. The minimum Gasteiger partial charge on any atom is -0.478 e. The number of carboxylic acids is 1. The van der Waals surface area contributed by atoms with Crippen molar-refractivity contribution in [1.82, 2.24) is 4.57 Å². The summed E-state index contributed by atoms with van der Waals surface area (Å²) in [5, 5.41) is 10.4. The minimum atomic E-state index is -0.928. The van der Waals surface area contributed by atoms with Gasteiger partial charge < -0.3 is 9.67 Å². The number of halogens is 2.